The van der Waals surface area contributed by atoms with Gasteiger partial charge in [0.25, 0.3) is 0 Å². The third kappa shape index (κ3) is 8.12. The van der Waals surface area contributed by atoms with Crippen molar-refractivity contribution in [1.29, 1.82) is 0 Å². The molecule has 0 aromatic rings. The number of aliphatic hydroxyl groups excluding tert-OH is 2. The Balaban J connectivity index is 4.34. The fraction of sp³-hybridized carbons (Fsp3) is 0.857. The van der Waals surface area contributed by atoms with Gasteiger partial charge in [0.05, 0.1) is 13.2 Å². The molecule has 2 unspecified atom stereocenters. The Morgan fingerprint density at radius 3 is 1.45 bits per heavy atom. The smallest absolute Gasteiger partial charge is 0.220 e. The van der Waals surface area contributed by atoms with Gasteiger partial charge in [-0.15, -0.1) is 0 Å². The summed E-state index contributed by atoms with van der Waals surface area (Å²) in [6, 6.07) is 0. The standard InChI is InChI=1S/C14H28N2O4/c1-3-11(9-13(19)15-5-7-17)12(4-2)10-14(20)16-6-8-18/h11-12,17-18H,3-10H2,1-2H3,(H,15,19)(H,16,20). The van der Waals surface area contributed by atoms with Gasteiger partial charge in [-0.05, 0) is 11.8 Å². The van der Waals surface area contributed by atoms with Crippen molar-refractivity contribution in [3.8, 4) is 0 Å². The number of carbonyl (C=O) groups is 2. The van der Waals surface area contributed by atoms with E-state index in [1.807, 2.05) is 13.8 Å². The van der Waals surface area contributed by atoms with E-state index in [0.717, 1.165) is 12.8 Å². The SMILES string of the molecule is CCC(CC(=O)NCCO)C(CC)CC(=O)NCCO. The molecular weight excluding hydrogens is 260 g/mol. The molecule has 0 fully saturated rings. The summed E-state index contributed by atoms with van der Waals surface area (Å²) in [5.74, 6) is 0.136. The Labute approximate surface area is 120 Å². The molecule has 2 amide bonds. The molecule has 118 valence electrons. The summed E-state index contributed by atoms with van der Waals surface area (Å²) < 4.78 is 0. The van der Waals surface area contributed by atoms with Gasteiger partial charge in [0, 0.05) is 25.9 Å². The van der Waals surface area contributed by atoms with Crippen molar-refractivity contribution in [2.24, 2.45) is 11.8 Å². The minimum Gasteiger partial charge on any atom is -0.395 e. The van der Waals surface area contributed by atoms with E-state index in [1.54, 1.807) is 0 Å². The largest absolute Gasteiger partial charge is 0.395 e. The Kier molecular flexibility index (Phi) is 11.0. The van der Waals surface area contributed by atoms with Crippen LogP contribution in [0.3, 0.4) is 0 Å². The van der Waals surface area contributed by atoms with Crippen LogP contribution in [0.4, 0.5) is 0 Å². The van der Waals surface area contributed by atoms with E-state index in [1.165, 1.54) is 0 Å². The molecule has 0 rings (SSSR count). The molecule has 0 saturated heterocycles. The van der Waals surface area contributed by atoms with Crippen molar-refractivity contribution in [2.45, 2.75) is 39.5 Å². The first-order chi connectivity index (χ1) is 9.58. The van der Waals surface area contributed by atoms with E-state index >= 15 is 0 Å². The fourth-order valence-corrected chi connectivity index (χ4v) is 2.30. The van der Waals surface area contributed by atoms with Crippen LogP contribution in [-0.2, 0) is 9.59 Å². The summed E-state index contributed by atoms with van der Waals surface area (Å²) in [7, 11) is 0. The van der Waals surface area contributed by atoms with Gasteiger partial charge in [-0.25, -0.2) is 0 Å². The van der Waals surface area contributed by atoms with Crippen LogP contribution < -0.4 is 10.6 Å². The molecular formula is C14H28N2O4. The lowest BCUT2D eigenvalue weighted by Crippen LogP contribution is -2.33. The highest BCUT2D eigenvalue weighted by atomic mass is 16.3. The van der Waals surface area contributed by atoms with Gasteiger partial charge >= 0.3 is 0 Å². The molecule has 6 nitrogen and oxygen atoms in total. The quantitative estimate of drug-likeness (QED) is 0.431. The van der Waals surface area contributed by atoms with E-state index in [2.05, 4.69) is 10.6 Å². The van der Waals surface area contributed by atoms with Crippen molar-refractivity contribution in [1.82, 2.24) is 10.6 Å². The van der Waals surface area contributed by atoms with Gasteiger partial charge in [0.15, 0.2) is 0 Å². The first-order valence-corrected chi connectivity index (χ1v) is 7.34. The molecule has 0 bridgehead atoms. The molecule has 0 aromatic carbocycles. The normalized spacial score (nSPS) is 13.6. The molecule has 0 aliphatic heterocycles. The van der Waals surface area contributed by atoms with Crippen molar-refractivity contribution < 1.29 is 19.8 Å². The lowest BCUT2D eigenvalue weighted by molar-refractivity contribution is -0.125. The van der Waals surface area contributed by atoms with Crippen LogP contribution in [-0.4, -0.2) is 48.3 Å². The minimum absolute atomic E-state index is 0.0662. The van der Waals surface area contributed by atoms with Crippen molar-refractivity contribution in [3.05, 3.63) is 0 Å². The number of amides is 2. The van der Waals surface area contributed by atoms with Crippen LogP contribution in [0.5, 0.6) is 0 Å². The molecule has 0 aliphatic rings. The van der Waals surface area contributed by atoms with E-state index in [-0.39, 0.29) is 50.0 Å². The molecule has 4 N–H and O–H groups in total. The second-order valence-corrected chi connectivity index (χ2v) is 4.89. The van der Waals surface area contributed by atoms with Crippen LogP contribution in [0.2, 0.25) is 0 Å². The number of aliphatic hydroxyl groups is 2. The molecule has 0 aromatic heterocycles. The van der Waals surface area contributed by atoms with E-state index in [0.29, 0.717) is 12.8 Å². The molecule has 6 heteroatoms. The summed E-state index contributed by atoms with van der Waals surface area (Å²) in [5, 5.41) is 22.6. The van der Waals surface area contributed by atoms with Gasteiger partial charge in [0.1, 0.15) is 0 Å². The molecule has 0 heterocycles. The van der Waals surface area contributed by atoms with Gasteiger partial charge in [-0.3, -0.25) is 9.59 Å². The lowest BCUT2D eigenvalue weighted by atomic mass is 9.82. The topological polar surface area (TPSA) is 98.7 Å². The average molecular weight is 288 g/mol. The number of carbonyl (C=O) groups excluding carboxylic acids is 2. The maximum absolute atomic E-state index is 11.7. The second-order valence-electron chi connectivity index (χ2n) is 4.89. The Hall–Kier alpha value is -1.14. The summed E-state index contributed by atoms with van der Waals surface area (Å²) in [6.45, 7) is 4.43. The zero-order valence-electron chi connectivity index (χ0n) is 12.5. The zero-order valence-corrected chi connectivity index (χ0v) is 12.5. The van der Waals surface area contributed by atoms with Crippen LogP contribution in [0.25, 0.3) is 0 Å². The maximum Gasteiger partial charge on any atom is 0.220 e. The fourth-order valence-electron chi connectivity index (χ4n) is 2.30. The van der Waals surface area contributed by atoms with E-state index in [4.69, 9.17) is 10.2 Å². The predicted octanol–water partition coefficient (Wildman–Crippen LogP) is 0.0360. The number of hydrogen-bond donors (Lipinski definition) is 4. The summed E-state index contributed by atoms with van der Waals surface area (Å²) in [4.78, 5) is 23.4. The highest BCUT2D eigenvalue weighted by Gasteiger charge is 2.23. The zero-order chi connectivity index (χ0) is 15.4. The van der Waals surface area contributed by atoms with Crippen LogP contribution in [0.15, 0.2) is 0 Å². The van der Waals surface area contributed by atoms with Gasteiger partial charge in [-0.2, -0.15) is 0 Å². The van der Waals surface area contributed by atoms with Crippen LogP contribution >= 0.6 is 0 Å². The van der Waals surface area contributed by atoms with Crippen LogP contribution in [0, 0.1) is 11.8 Å². The Morgan fingerprint density at radius 2 is 1.20 bits per heavy atom. The predicted molar refractivity (Wildman–Crippen MR) is 77.0 cm³/mol. The summed E-state index contributed by atoms with van der Waals surface area (Å²) in [5.41, 5.74) is 0. The second kappa shape index (κ2) is 11.7. The Bertz CT molecular complexity index is 256. The molecule has 0 saturated carbocycles. The molecule has 20 heavy (non-hydrogen) atoms. The van der Waals surface area contributed by atoms with Gasteiger partial charge in [-0.1, -0.05) is 26.7 Å². The number of rotatable bonds is 11. The van der Waals surface area contributed by atoms with Gasteiger partial charge < -0.3 is 20.8 Å². The molecule has 0 radical (unpaired) electrons. The minimum atomic E-state index is -0.0832. The first-order valence-electron chi connectivity index (χ1n) is 7.34. The molecule has 0 aliphatic carbocycles. The first kappa shape index (κ1) is 18.9. The third-order valence-electron chi connectivity index (χ3n) is 3.48. The average Bonchev–Trinajstić information content (AvgIpc) is 2.46. The van der Waals surface area contributed by atoms with Crippen molar-refractivity contribution >= 4 is 11.8 Å². The number of hydrogen-bond acceptors (Lipinski definition) is 4. The van der Waals surface area contributed by atoms with Gasteiger partial charge in [0.2, 0.25) is 11.8 Å². The number of nitrogens with one attached hydrogen (secondary N) is 2. The monoisotopic (exact) mass is 288 g/mol. The highest BCUT2D eigenvalue weighted by Crippen LogP contribution is 2.25. The third-order valence-corrected chi connectivity index (χ3v) is 3.48. The van der Waals surface area contributed by atoms with Crippen molar-refractivity contribution in [3.63, 3.8) is 0 Å². The maximum atomic E-state index is 11.7. The van der Waals surface area contributed by atoms with Crippen molar-refractivity contribution in [2.75, 3.05) is 26.3 Å². The van der Waals surface area contributed by atoms with E-state index < -0.39 is 0 Å². The summed E-state index contributed by atoms with van der Waals surface area (Å²) in [6.07, 6.45) is 2.42. The van der Waals surface area contributed by atoms with E-state index in [9.17, 15) is 9.59 Å². The Morgan fingerprint density at radius 1 is 0.850 bits per heavy atom. The van der Waals surface area contributed by atoms with Crippen LogP contribution in [0.1, 0.15) is 39.5 Å². The summed E-state index contributed by atoms with van der Waals surface area (Å²) >= 11 is 0. The molecule has 2 atom stereocenters. The molecule has 0 spiro atoms. The highest BCUT2D eigenvalue weighted by molar-refractivity contribution is 5.77. The lowest BCUT2D eigenvalue weighted by Gasteiger charge is -2.24.